The minimum Gasteiger partial charge on any atom is -0.395 e. The molecule has 0 amide bonds. The van der Waals surface area contributed by atoms with Crippen molar-refractivity contribution in [1.29, 1.82) is 0 Å². The summed E-state index contributed by atoms with van der Waals surface area (Å²) in [5.41, 5.74) is 2.03. The minimum absolute atomic E-state index is 0.242. The average molecular weight is 403 g/mol. The largest absolute Gasteiger partial charge is 0.395 e. The summed E-state index contributed by atoms with van der Waals surface area (Å²) >= 11 is 3.09. The molecule has 4 nitrogen and oxygen atoms in total. The maximum atomic E-state index is 10.4. The van der Waals surface area contributed by atoms with Gasteiger partial charge < -0.3 is 20.4 Å². The zero-order valence-corrected chi connectivity index (χ0v) is 16.2. The fourth-order valence-electron chi connectivity index (χ4n) is 3.58. The maximum Gasteiger partial charge on any atom is 0.108 e. The number of aliphatic hydroxyl groups is 4. The third-order valence-electron chi connectivity index (χ3n) is 5.03. The first kappa shape index (κ1) is 18.9. The number of thioether (sulfide) groups is 1. The van der Waals surface area contributed by atoms with E-state index in [0.717, 1.165) is 17.5 Å². The van der Waals surface area contributed by atoms with Gasteiger partial charge >= 0.3 is 0 Å². The van der Waals surface area contributed by atoms with Gasteiger partial charge in [0, 0.05) is 16.0 Å². The van der Waals surface area contributed by atoms with E-state index in [1.807, 2.05) is 30.3 Å². The molecule has 142 valence electrons. The molecule has 1 aliphatic heterocycles. The quantitative estimate of drug-likeness (QED) is 0.540. The molecule has 1 aliphatic rings. The lowest BCUT2D eigenvalue weighted by atomic mass is 9.95. The molecule has 4 rings (SSSR count). The summed E-state index contributed by atoms with van der Waals surface area (Å²) < 4.78 is 1.27. The zero-order valence-electron chi connectivity index (χ0n) is 14.6. The van der Waals surface area contributed by atoms with Gasteiger partial charge in [0.05, 0.1) is 29.3 Å². The van der Waals surface area contributed by atoms with E-state index in [0.29, 0.717) is 0 Å². The first-order valence-electron chi connectivity index (χ1n) is 8.93. The predicted molar refractivity (Wildman–Crippen MR) is 110 cm³/mol. The van der Waals surface area contributed by atoms with Crippen molar-refractivity contribution in [2.45, 2.75) is 35.2 Å². The summed E-state index contributed by atoms with van der Waals surface area (Å²) in [6.07, 6.45) is -2.67. The van der Waals surface area contributed by atoms with E-state index in [1.54, 1.807) is 11.3 Å². The Morgan fingerprint density at radius 2 is 1.67 bits per heavy atom. The van der Waals surface area contributed by atoms with Crippen LogP contribution in [-0.2, 0) is 6.42 Å². The third-order valence-corrected chi connectivity index (χ3v) is 7.76. The van der Waals surface area contributed by atoms with Crippen LogP contribution in [0.15, 0.2) is 54.6 Å². The lowest BCUT2D eigenvalue weighted by Gasteiger charge is -2.39. The van der Waals surface area contributed by atoms with Crippen molar-refractivity contribution in [3.63, 3.8) is 0 Å². The second-order valence-electron chi connectivity index (χ2n) is 6.92. The highest BCUT2D eigenvalue weighted by Gasteiger charge is 2.43. The van der Waals surface area contributed by atoms with Crippen LogP contribution in [0.5, 0.6) is 0 Å². The Labute approximate surface area is 166 Å². The Bertz CT molecular complexity index is 890. The molecule has 2 heterocycles. The van der Waals surface area contributed by atoms with Gasteiger partial charge in [-0.05, 0) is 28.6 Å². The molecular formula is C21H22O4S2. The van der Waals surface area contributed by atoms with Crippen LogP contribution in [0.3, 0.4) is 0 Å². The SMILES string of the molecule is OC[C@H]1S[C@@H](c2cccc(Cc3cc4ccccc4s3)c2)[C@H](O)[C@@H](O)[C@@H]1O. The van der Waals surface area contributed by atoms with E-state index >= 15 is 0 Å². The third kappa shape index (κ3) is 3.78. The van der Waals surface area contributed by atoms with E-state index in [2.05, 4.69) is 24.3 Å². The Kier molecular flexibility index (Phi) is 5.55. The van der Waals surface area contributed by atoms with Gasteiger partial charge in [-0.2, -0.15) is 0 Å². The molecule has 0 radical (unpaired) electrons. The Morgan fingerprint density at radius 1 is 0.852 bits per heavy atom. The molecule has 1 aromatic heterocycles. The summed E-state index contributed by atoms with van der Waals surface area (Å²) in [5.74, 6) is 0. The predicted octanol–water partition coefficient (Wildman–Crippen LogP) is 2.72. The topological polar surface area (TPSA) is 80.9 Å². The van der Waals surface area contributed by atoms with Gasteiger partial charge in [-0.25, -0.2) is 0 Å². The highest BCUT2D eigenvalue weighted by molar-refractivity contribution is 8.00. The van der Waals surface area contributed by atoms with Crippen molar-refractivity contribution in [1.82, 2.24) is 0 Å². The van der Waals surface area contributed by atoms with E-state index in [9.17, 15) is 20.4 Å². The zero-order chi connectivity index (χ0) is 19.0. The number of aliphatic hydroxyl groups excluding tert-OH is 4. The normalized spacial score (nSPS) is 28.5. The summed E-state index contributed by atoms with van der Waals surface area (Å²) in [5, 5.41) is 40.4. The van der Waals surface area contributed by atoms with Crippen molar-refractivity contribution in [2.24, 2.45) is 0 Å². The van der Waals surface area contributed by atoms with Crippen LogP contribution < -0.4 is 0 Å². The van der Waals surface area contributed by atoms with Gasteiger partial charge in [0.2, 0.25) is 0 Å². The first-order chi connectivity index (χ1) is 13.1. The van der Waals surface area contributed by atoms with E-state index in [1.165, 1.54) is 26.7 Å². The van der Waals surface area contributed by atoms with Crippen LogP contribution >= 0.6 is 23.1 Å². The molecule has 1 fully saturated rings. The standard InChI is InChI=1S/C21H22O4S2/c22-11-17-18(23)19(24)20(25)21(27-17)14-6-3-4-12(8-14)9-15-10-13-5-1-2-7-16(13)26-15/h1-8,10,17-25H,9,11H2/t17-,18-,19+,20-,21+/m1/s1. The monoisotopic (exact) mass is 402 g/mol. The summed E-state index contributed by atoms with van der Waals surface area (Å²) in [7, 11) is 0. The molecular weight excluding hydrogens is 380 g/mol. The first-order valence-corrected chi connectivity index (χ1v) is 10.7. The number of benzene rings is 2. The van der Waals surface area contributed by atoms with E-state index in [4.69, 9.17) is 0 Å². The average Bonchev–Trinajstić information content (AvgIpc) is 3.09. The van der Waals surface area contributed by atoms with Crippen molar-refractivity contribution in [3.8, 4) is 0 Å². The van der Waals surface area contributed by atoms with Gasteiger partial charge in [-0.1, -0.05) is 42.5 Å². The molecule has 27 heavy (non-hydrogen) atoms. The molecule has 5 atom stereocenters. The molecule has 0 saturated carbocycles. The fraction of sp³-hybridized carbons (Fsp3) is 0.333. The van der Waals surface area contributed by atoms with Crippen LogP contribution in [-0.4, -0.2) is 50.6 Å². The number of hydrogen-bond acceptors (Lipinski definition) is 6. The molecule has 0 bridgehead atoms. The molecule has 2 aromatic carbocycles. The Balaban J connectivity index is 1.58. The maximum absolute atomic E-state index is 10.4. The molecule has 0 aliphatic carbocycles. The minimum atomic E-state index is -1.26. The van der Waals surface area contributed by atoms with Crippen LogP contribution in [0.4, 0.5) is 0 Å². The summed E-state index contributed by atoms with van der Waals surface area (Å²) in [6.45, 7) is -0.242. The number of hydrogen-bond donors (Lipinski definition) is 4. The van der Waals surface area contributed by atoms with Crippen LogP contribution in [0.2, 0.25) is 0 Å². The second kappa shape index (κ2) is 7.91. The number of thiophene rings is 1. The fourth-order valence-corrected chi connectivity index (χ4v) is 6.09. The van der Waals surface area contributed by atoms with E-state index in [-0.39, 0.29) is 11.9 Å². The smallest absolute Gasteiger partial charge is 0.108 e. The van der Waals surface area contributed by atoms with Crippen LogP contribution in [0.1, 0.15) is 21.3 Å². The molecule has 6 heteroatoms. The summed E-state index contributed by atoms with van der Waals surface area (Å²) in [6, 6.07) is 18.5. The highest BCUT2D eigenvalue weighted by Crippen LogP contribution is 2.43. The van der Waals surface area contributed by atoms with Crippen LogP contribution in [0, 0.1) is 0 Å². The summed E-state index contributed by atoms with van der Waals surface area (Å²) in [4.78, 5) is 1.27. The lowest BCUT2D eigenvalue weighted by Crippen LogP contribution is -2.51. The van der Waals surface area contributed by atoms with E-state index < -0.39 is 23.6 Å². The Morgan fingerprint density at radius 3 is 2.44 bits per heavy atom. The van der Waals surface area contributed by atoms with Crippen molar-refractivity contribution < 1.29 is 20.4 Å². The second-order valence-corrected chi connectivity index (χ2v) is 9.48. The van der Waals surface area contributed by atoms with Crippen molar-refractivity contribution in [3.05, 3.63) is 70.6 Å². The van der Waals surface area contributed by atoms with Crippen LogP contribution in [0.25, 0.3) is 10.1 Å². The molecule has 4 N–H and O–H groups in total. The van der Waals surface area contributed by atoms with Gasteiger partial charge in [0.15, 0.2) is 0 Å². The van der Waals surface area contributed by atoms with Gasteiger partial charge in [0.1, 0.15) is 6.10 Å². The number of rotatable bonds is 4. The van der Waals surface area contributed by atoms with Crippen molar-refractivity contribution >= 4 is 33.2 Å². The molecule has 0 unspecified atom stereocenters. The molecule has 0 spiro atoms. The lowest BCUT2D eigenvalue weighted by molar-refractivity contribution is -0.0700. The van der Waals surface area contributed by atoms with Gasteiger partial charge in [-0.3, -0.25) is 0 Å². The number of fused-ring (bicyclic) bond motifs is 1. The molecule has 3 aromatic rings. The Hall–Kier alpha value is -1.41. The van der Waals surface area contributed by atoms with Gasteiger partial charge in [-0.15, -0.1) is 23.1 Å². The van der Waals surface area contributed by atoms with Gasteiger partial charge in [0.25, 0.3) is 0 Å². The molecule has 1 saturated heterocycles. The highest BCUT2D eigenvalue weighted by atomic mass is 32.2. The van der Waals surface area contributed by atoms with Crippen molar-refractivity contribution in [2.75, 3.05) is 6.61 Å².